The van der Waals surface area contributed by atoms with E-state index in [0.717, 1.165) is 32.5 Å². The summed E-state index contributed by atoms with van der Waals surface area (Å²) >= 11 is 0. The van der Waals surface area contributed by atoms with Gasteiger partial charge in [0.2, 0.25) is 0 Å². The van der Waals surface area contributed by atoms with Gasteiger partial charge in [0.15, 0.2) is 0 Å². The van der Waals surface area contributed by atoms with Crippen molar-refractivity contribution in [2.45, 2.75) is 32.2 Å². The second kappa shape index (κ2) is 5.51. The second-order valence-corrected chi connectivity index (χ2v) is 5.93. The van der Waals surface area contributed by atoms with Gasteiger partial charge >= 0.3 is 0 Å². The van der Waals surface area contributed by atoms with E-state index in [1.807, 2.05) is 0 Å². The summed E-state index contributed by atoms with van der Waals surface area (Å²) in [5.74, 6) is 0. The third-order valence-corrected chi connectivity index (χ3v) is 4.68. The minimum absolute atomic E-state index is 0.132. The van der Waals surface area contributed by atoms with Crippen LogP contribution in [0, 0.1) is 6.92 Å². The molecule has 3 nitrogen and oxygen atoms in total. The van der Waals surface area contributed by atoms with E-state index in [-0.39, 0.29) is 5.54 Å². The van der Waals surface area contributed by atoms with Gasteiger partial charge in [-0.1, -0.05) is 25.1 Å². The van der Waals surface area contributed by atoms with Crippen molar-refractivity contribution in [3.8, 4) is 0 Å². The molecule has 1 atom stereocenters. The van der Waals surface area contributed by atoms with E-state index in [9.17, 15) is 0 Å². The molecule has 0 aromatic heterocycles. The summed E-state index contributed by atoms with van der Waals surface area (Å²) in [6.07, 6.45) is 2.24. The van der Waals surface area contributed by atoms with Gasteiger partial charge in [-0.05, 0) is 45.0 Å². The predicted molar refractivity (Wildman–Crippen MR) is 82.9 cm³/mol. The first-order chi connectivity index (χ1) is 9.04. The number of anilines is 1. The van der Waals surface area contributed by atoms with E-state index >= 15 is 0 Å². The van der Waals surface area contributed by atoms with Crippen LogP contribution in [0.3, 0.4) is 0 Å². The summed E-state index contributed by atoms with van der Waals surface area (Å²) in [7, 11) is 4.30. The van der Waals surface area contributed by atoms with Crippen molar-refractivity contribution in [2.75, 3.05) is 38.6 Å². The van der Waals surface area contributed by atoms with Gasteiger partial charge < -0.3 is 15.5 Å². The highest BCUT2D eigenvalue weighted by molar-refractivity contribution is 5.60. The van der Waals surface area contributed by atoms with Crippen molar-refractivity contribution >= 4 is 5.69 Å². The molecule has 1 saturated heterocycles. The number of nitrogens with two attached hydrogens (primary N) is 1. The SMILES string of the molecule is CCc1cccc(C)c1N1CCC(CN)(N(C)C)C1. The molecule has 0 aliphatic carbocycles. The fourth-order valence-corrected chi connectivity index (χ4v) is 3.22. The van der Waals surface area contributed by atoms with Crippen LogP contribution in [0.15, 0.2) is 18.2 Å². The third kappa shape index (κ3) is 2.49. The number of rotatable bonds is 4. The van der Waals surface area contributed by atoms with Gasteiger partial charge in [0.05, 0.1) is 5.54 Å². The molecule has 0 radical (unpaired) electrons. The lowest BCUT2D eigenvalue weighted by molar-refractivity contribution is 0.184. The van der Waals surface area contributed by atoms with Crippen molar-refractivity contribution < 1.29 is 0 Å². The van der Waals surface area contributed by atoms with Crippen molar-refractivity contribution in [2.24, 2.45) is 5.73 Å². The minimum Gasteiger partial charge on any atom is -0.369 e. The zero-order valence-corrected chi connectivity index (χ0v) is 12.7. The van der Waals surface area contributed by atoms with Crippen LogP contribution in [-0.4, -0.2) is 44.2 Å². The molecule has 0 saturated carbocycles. The van der Waals surface area contributed by atoms with Crippen molar-refractivity contribution in [3.63, 3.8) is 0 Å². The molecule has 1 aliphatic rings. The monoisotopic (exact) mass is 261 g/mol. The molecule has 1 fully saturated rings. The Morgan fingerprint density at radius 2 is 2.11 bits per heavy atom. The Labute approximate surface area is 117 Å². The van der Waals surface area contributed by atoms with Crippen LogP contribution in [0.25, 0.3) is 0 Å². The summed E-state index contributed by atoms with van der Waals surface area (Å²) < 4.78 is 0. The van der Waals surface area contributed by atoms with E-state index in [0.29, 0.717) is 0 Å². The van der Waals surface area contributed by atoms with E-state index < -0.39 is 0 Å². The van der Waals surface area contributed by atoms with Crippen LogP contribution >= 0.6 is 0 Å². The number of hydrogen-bond acceptors (Lipinski definition) is 3. The van der Waals surface area contributed by atoms with E-state index in [1.54, 1.807) is 0 Å². The van der Waals surface area contributed by atoms with Gasteiger partial charge in [-0.25, -0.2) is 0 Å². The molecular weight excluding hydrogens is 234 g/mol. The second-order valence-electron chi connectivity index (χ2n) is 5.93. The van der Waals surface area contributed by atoms with Gasteiger partial charge in [0, 0.05) is 25.3 Å². The van der Waals surface area contributed by atoms with Crippen molar-refractivity contribution in [1.29, 1.82) is 0 Å². The lowest BCUT2D eigenvalue weighted by atomic mass is 9.97. The smallest absolute Gasteiger partial charge is 0.0518 e. The molecule has 1 unspecified atom stereocenters. The molecule has 0 spiro atoms. The van der Waals surface area contributed by atoms with Crippen molar-refractivity contribution in [1.82, 2.24) is 4.90 Å². The fraction of sp³-hybridized carbons (Fsp3) is 0.625. The van der Waals surface area contributed by atoms with Crippen LogP contribution in [0.4, 0.5) is 5.69 Å². The number of nitrogens with zero attached hydrogens (tertiary/aromatic N) is 2. The number of para-hydroxylation sites is 1. The molecule has 1 aliphatic heterocycles. The van der Waals surface area contributed by atoms with Crippen molar-refractivity contribution in [3.05, 3.63) is 29.3 Å². The highest BCUT2D eigenvalue weighted by Crippen LogP contribution is 2.33. The highest BCUT2D eigenvalue weighted by Gasteiger charge is 2.39. The average molecular weight is 261 g/mol. The van der Waals surface area contributed by atoms with Crippen LogP contribution in [-0.2, 0) is 6.42 Å². The molecule has 2 rings (SSSR count). The predicted octanol–water partition coefficient (Wildman–Crippen LogP) is 2.03. The molecule has 1 heterocycles. The first-order valence-corrected chi connectivity index (χ1v) is 7.25. The number of hydrogen-bond donors (Lipinski definition) is 1. The maximum Gasteiger partial charge on any atom is 0.0518 e. The quantitative estimate of drug-likeness (QED) is 0.900. The summed E-state index contributed by atoms with van der Waals surface area (Å²) in [6.45, 7) is 7.31. The molecule has 3 heteroatoms. The summed E-state index contributed by atoms with van der Waals surface area (Å²) in [5, 5.41) is 0. The standard InChI is InChI=1S/C16H27N3/c1-5-14-8-6-7-13(2)15(14)19-10-9-16(11-17,12-19)18(3)4/h6-8H,5,9-12,17H2,1-4H3. The Morgan fingerprint density at radius 3 is 2.63 bits per heavy atom. The Hall–Kier alpha value is -1.06. The first kappa shape index (κ1) is 14.4. The fourth-order valence-electron chi connectivity index (χ4n) is 3.22. The molecule has 1 aromatic rings. The van der Waals surface area contributed by atoms with E-state index in [1.165, 1.54) is 16.8 Å². The normalized spacial score (nSPS) is 23.4. The van der Waals surface area contributed by atoms with Crippen LogP contribution in [0.5, 0.6) is 0 Å². The maximum absolute atomic E-state index is 6.05. The van der Waals surface area contributed by atoms with Gasteiger partial charge in [-0.3, -0.25) is 0 Å². The van der Waals surface area contributed by atoms with Crippen LogP contribution in [0.2, 0.25) is 0 Å². The van der Waals surface area contributed by atoms with Gasteiger partial charge in [-0.2, -0.15) is 0 Å². The Balaban J connectivity index is 2.31. The van der Waals surface area contributed by atoms with Crippen LogP contribution in [0.1, 0.15) is 24.5 Å². The highest BCUT2D eigenvalue weighted by atomic mass is 15.3. The largest absolute Gasteiger partial charge is 0.369 e. The summed E-state index contributed by atoms with van der Waals surface area (Å²) in [4.78, 5) is 4.83. The average Bonchev–Trinajstić information content (AvgIpc) is 2.83. The zero-order valence-electron chi connectivity index (χ0n) is 12.7. The third-order valence-electron chi connectivity index (χ3n) is 4.68. The van der Waals surface area contributed by atoms with Gasteiger partial charge in [-0.15, -0.1) is 0 Å². The van der Waals surface area contributed by atoms with Crippen LogP contribution < -0.4 is 10.6 Å². The number of likely N-dealkylation sites (N-methyl/N-ethyl adjacent to an activating group) is 1. The van der Waals surface area contributed by atoms with E-state index in [2.05, 4.69) is 55.9 Å². The number of aryl methyl sites for hydroxylation is 2. The molecule has 106 valence electrons. The minimum atomic E-state index is 0.132. The lowest BCUT2D eigenvalue weighted by Crippen LogP contribution is -2.52. The Bertz CT molecular complexity index is 442. The molecule has 0 amide bonds. The number of benzene rings is 1. The molecular formula is C16H27N3. The first-order valence-electron chi connectivity index (χ1n) is 7.25. The zero-order chi connectivity index (χ0) is 14.0. The Morgan fingerprint density at radius 1 is 1.37 bits per heavy atom. The van der Waals surface area contributed by atoms with Gasteiger partial charge in [0.1, 0.15) is 0 Å². The molecule has 2 N–H and O–H groups in total. The molecule has 0 bridgehead atoms. The Kier molecular flexibility index (Phi) is 4.16. The summed E-state index contributed by atoms with van der Waals surface area (Å²) in [6, 6.07) is 6.63. The maximum atomic E-state index is 6.05. The van der Waals surface area contributed by atoms with Gasteiger partial charge in [0.25, 0.3) is 0 Å². The molecule has 1 aromatic carbocycles. The molecule has 19 heavy (non-hydrogen) atoms. The lowest BCUT2D eigenvalue weighted by Gasteiger charge is -2.35. The van der Waals surface area contributed by atoms with E-state index in [4.69, 9.17) is 5.73 Å². The topological polar surface area (TPSA) is 32.5 Å². The summed E-state index contributed by atoms with van der Waals surface area (Å²) in [5.41, 5.74) is 10.4.